The Bertz CT molecular complexity index is 945. The smallest absolute Gasteiger partial charge is 0.496 e. The van der Waals surface area contributed by atoms with E-state index in [1.807, 2.05) is 6.07 Å². The summed E-state index contributed by atoms with van der Waals surface area (Å²) in [7, 11) is -2.80. The van der Waals surface area contributed by atoms with Gasteiger partial charge in [-0.1, -0.05) is 11.6 Å². The van der Waals surface area contributed by atoms with Gasteiger partial charge in [-0.15, -0.1) is 11.6 Å². The molecule has 0 aliphatic heterocycles. The highest BCUT2D eigenvalue weighted by molar-refractivity contribution is 7.47. The van der Waals surface area contributed by atoms with Gasteiger partial charge in [-0.25, -0.2) is 4.57 Å². The molecule has 30 heavy (non-hydrogen) atoms. The molecular weight excluding hydrogens is 448 g/mol. The van der Waals surface area contributed by atoms with Gasteiger partial charge in [-0.2, -0.15) is 5.26 Å². The predicted octanol–water partition coefficient (Wildman–Crippen LogP) is 5.92. The van der Waals surface area contributed by atoms with Crippen LogP contribution in [0.15, 0.2) is 23.8 Å². The fourth-order valence-electron chi connectivity index (χ4n) is 5.56. The van der Waals surface area contributed by atoms with E-state index in [9.17, 15) is 9.46 Å². The van der Waals surface area contributed by atoms with Gasteiger partial charge in [0.15, 0.2) is 5.75 Å². The number of ether oxygens (including phenoxy) is 1. The lowest BCUT2D eigenvalue weighted by Crippen LogP contribution is -2.49. The van der Waals surface area contributed by atoms with E-state index in [-0.39, 0.29) is 23.8 Å². The van der Waals surface area contributed by atoms with Crippen molar-refractivity contribution >= 4 is 36.8 Å². The van der Waals surface area contributed by atoms with Crippen molar-refractivity contribution in [3.63, 3.8) is 0 Å². The second kappa shape index (κ2) is 8.37. The van der Waals surface area contributed by atoms with Crippen molar-refractivity contribution in [1.82, 2.24) is 0 Å². The quantitative estimate of drug-likeness (QED) is 0.229. The van der Waals surface area contributed by atoms with Gasteiger partial charge in [-0.05, 0) is 73.6 Å². The summed E-state index contributed by atoms with van der Waals surface area (Å²) in [6.07, 6.45) is 5.42. The monoisotopic (exact) mass is 471 g/mol. The first-order valence-corrected chi connectivity index (χ1v) is 12.3. The van der Waals surface area contributed by atoms with Crippen molar-refractivity contribution in [2.45, 2.75) is 43.4 Å². The largest absolute Gasteiger partial charge is 0.527 e. The Morgan fingerprint density at radius 2 is 2.03 bits per heavy atom. The molecule has 0 aromatic heterocycles. The summed E-state index contributed by atoms with van der Waals surface area (Å²) >= 11 is 13.3. The van der Waals surface area contributed by atoms with Crippen LogP contribution < -0.4 is 4.52 Å². The maximum Gasteiger partial charge on any atom is 0.527 e. The number of nitrogens with zero attached hydrogens (tertiary/aromatic N) is 1. The van der Waals surface area contributed by atoms with Crippen LogP contribution in [0.4, 0.5) is 0 Å². The number of alkyl halides is 1. The zero-order valence-corrected chi connectivity index (χ0v) is 19.1. The normalized spacial score (nSPS) is 33.0. The number of allylic oxidation sites excluding steroid dienone is 1. The summed E-state index contributed by atoms with van der Waals surface area (Å²) in [5.41, 5.74) is 1.82. The number of rotatable bonds is 7. The van der Waals surface area contributed by atoms with E-state index < -0.39 is 12.7 Å². The van der Waals surface area contributed by atoms with Crippen LogP contribution >= 0.6 is 31.0 Å². The van der Waals surface area contributed by atoms with E-state index in [1.165, 1.54) is 6.42 Å². The van der Waals surface area contributed by atoms with Crippen LogP contribution in [-0.2, 0) is 13.8 Å². The average molecular weight is 472 g/mol. The topological polar surface area (TPSA) is 88.8 Å². The number of halogens is 2. The highest BCUT2D eigenvalue weighted by Gasteiger charge is 2.54. The van der Waals surface area contributed by atoms with Crippen LogP contribution in [0.2, 0.25) is 5.02 Å². The number of benzene rings is 1. The lowest BCUT2D eigenvalue weighted by molar-refractivity contribution is 0.0806. The predicted molar refractivity (Wildman–Crippen MR) is 114 cm³/mol. The number of nitriles is 1. The summed E-state index contributed by atoms with van der Waals surface area (Å²) in [5.74, 6) is 2.45. The molecule has 4 bridgehead atoms. The zero-order valence-electron chi connectivity index (χ0n) is 16.6. The Hall–Kier alpha value is -1.22. The Morgan fingerprint density at radius 3 is 2.63 bits per heavy atom. The van der Waals surface area contributed by atoms with Crippen molar-refractivity contribution in [1.29, 1.82) is 5.26 Å². The zero-order chi connectivity index (χ0) is 21.5. The molecule has 0 heterocycles. The van der Waals surface area contributed by atoms with Crippen LogP contribution in [0.3, 0.4) is 0 Å². The van der Waals surface area contributed by atoms with Crippen LogP contribution in [0.5, 0.6) is 5.75 Å². The third-order valence-electron chi connectivity index (χ3n) is 6.34. The van der Waals surface area contributed by atoms with Crippen LogP contribution in [0.25, 0.3) is 5.76 Å². The minimum absolute atomic E-state index is 0.0135. The summed E-state index contributed by atoms with van der Waals surface area (Å²) in [6, 6.07) is 6.81. The number of phosphoric acid groups is 1. The highest BCUT2D eigenvalue weighted by atomic mass is 35.5. The van der Waals surface area contributed by atoms with Crippen molar-refractivity contribution in [3.8, 4) is 11.8 Å². The molecule has 1 aromatic rings. The molecule has 1 aromatic carbocycles. The van der Waals surface area contributed by atoms with Crippen molar-refractivity contribution in [3.05, 3.63) is 34.4 Å². The second-order valence-electron chi connectivity index (χ2n) is 8.40. The highest BCUT2D eigenvalue weighted by Crippen LogP contribution is 2.62. The molecule has 162 valence electrons. The summed E-state index contributed by atoms with van der Waals surface area (Å²) in [5, 5.41) is 8.73. The van der Waals surface area contributed by atoms with Gasteiger partial charge in [0.2, 0.25) is 0 Å². The molecule has 4 fully saturated rings. The lowest BCUT2D eigenvalue weighted by atomic mass is 9.53. The van der Waals surface area contributed by atoms with E-state index in [4.69, 9.17) is 42.2 Å². The minimum atomic E-state index is -4.42. The van der Waals surface area contributed by atoms with Crippen LogP contribution in [-0.4, -0.2) is 23.5 Å². The van der Waals surface area contributed by atoms with Crippen molar-refractivity contribution in [2.75, 3.05) is 13.7 Å². The fourth-order valence-corrected chi connectivity index (χ4v) is 7.22. The minimum Gasteiger partial charge on any atom is -0.496 e. The SMILES string of the molecule is COC(=C1C2CC3CC(C2)CC1(Cl)C3)c1ccc(Cl)c(OP(=O)(O)OCCC#N)c1. The summed E-state index contributed by atoms with van der Waals surface area (Å²) in [4.78, 5) is 9.54. The number of methoxy groups -OCH3 is 1. The molecule has 5 rings (SSSR count). The van der Waals surface area contributed by atoms with Gasteiger partial charge in [-0.3, -0.25) is 9.42 Å². The molecule has 3 unspecified atom stereocenters. The number of phosphoric ester groups is 1. The second-order valence-corrected chi connectivity index (χ2v) is 10.9. The molecule has 4 aliphatic rings. The summed E-state index contributed by atoms with van der Waals surface area (Å²) in [6.45, 7) is -0.215. The van der Waals surface area contributed by atoms with Gasteiger partial charge in [0.1, 0.15) is 5.76 Å². The molecule has 1 N–H and O–H groups in total. The molecule has 0 amide bonds. The molecular formula is C21H24Cl2NO5P. The Balaban J connectivity index is 1.67. The molecule has 4 saturated carbocycles. The molecule has 9 heteroatoms. The first-order valence-electron chi connectivity index (χ1n) is 10.1. The number of hydrogen-bond donors (Lipinski definition) is 1. The van der Waals surface area contributed by atoms with E-state index in [0.717, 1.165) is 31.3 Å². The van der Waals surface area contributed by atoms with Gasteiger partial charge in [0, 0.05) is 5.56 Å². The summed E-state index contributed by atoms with van der Waals surface area (Å²) < 4.78 is 28.0. The molecule has 4 aliphatic carbocycles. The van der Waals surface area contributed by atoms with Gasteiger partial charge in [0.25, 0.3) is 0 Å². The Morgan fingerprint density at radius 1 is 1.33 bits per heavy atom. The van der Waals surface area contributed by atoms with Crippen molar-refractivity contribution < 1.29 is 23.2 Å². The van der Waals surface area contributed by atoms with Crippen LogP contribution in [0.1, 0.15) is 44.1 Å². The molecule has 0 radical (unpaired) electrons. The lowest BCUT2D eigenvalue weighted by Gasteiger charge is -2.56. The van der Waals surface area contributed by atoms with Crippen LogP contribution in [0, 0.1) is 29.1 Å². The first-order chi connectivity index (χ1) is 14.2. The average Bonchev–Trinajstić information content (AvgIpc) is 2.65. The maximum absolute atomic E-state index is 12.2. The Labute approximate surface area is 186 Å². The molecule has 3 atom stereocenters. The maximum atomic E-state index is 12.2. The molecule has 0 saturated heterocycles. The fraction of sp³-hybridized carbons (Fsp3) is 0.571. The van der Waals surface area contributed by atoms with E-state index in [2.05, 4.69) is 0 Å². The third kappa shape index (κ3) is 4.24. The van der Waals surface area contributed by atoms with E-state index >= 15 is 0 Å². The van der Waals surface area contributed by atoms with Gasteiger partial charge < -0.3 is 9.26 Å². The van der Waals surface area contributed by atoms with Crippen molar-refractivity contribution in [2.24, 2.45) is 17.8 Å². The van der Waals surface area contributed by atoms with E-state index in [0.29, 0.717) is 29.1 Å². The molecule has 0 spiro atoms. The van der Waals surface area contributed by atoms with Gasteiger partial charge >= 0.3 is 7.82 Å². The molecule has 6 nitrogen and oxygen atoms in total. The van der Waals surface area contributed by atoms with Gasteiger partial charge in [0.05, 0.1) is 36.1 Å². The standard InChI is InChI=1S/C21H24Cl2NO5P/c1-27-20(19-16-8-13-7-14(9-16)12-21(19,23)11-13)15-3-4-17(22)18(10-15)29-30(25,26)28-6-2-5-24/h3-4,10,13-14,16H,2,6-9,11-12H2,1H3,(H,25,26). The first kappa shape index (κ1) is 22.0. The Kier molecular flexibility index (Phi) is 6.14. The number of hydrogen-bond acceptors (Lipinski definition) is 5. The third-order valence-corrected chi connectivity index (χ3v) is 8.10. The van der Waals surface area contributed by atoms with E-state index in [1.54, 1.807) is 25.3 Å².